The van der Waals surface area contributed by atoms with Gasteiger partial charge in [-0.1, -0.05) is 44.2 Å². The lowest BCUT2D eigenvalue weighted by molar-refractivity contribution is -0.138. The van der Waals surface area contributed by atoms with E-state index >= 15 is 0 Å². The summed E-state index contributed by atoms with van der Waals surface area (Å²) in [6, 6.07) is 9.81. The predicted molar refractivity (Wildman–Crippen MR) is 87.4 cm³/mol. The van der Waals surface area contributed by atoms with Crippen molar-refractivity contribution in [2.24, 2.45) is 5.92 Å². The molecule has 0 saturated carbocycles. The number of nitrogens with one attached hydrogen (secondary N) is 1. The monoisotopic (exact) mass is 316 g/mol. The minimum atomic E-state index is -0.176. The SMILES string of the molecule is CC(C)C[C@@H](NC(=O)CCN1C(=O)CCC1=O)c1ccccc1. The zero-order valence-electron chi connectivity index (χ0n) is 13.7. The van der Waals surface area contributed by atoms with Gasteiger partial charge in [-0.05, 0) is 17.9 Å². The predicted octanol–water partition coefficient (Wildman–Crippen LogP) is 2.43. The highest BCUT2D eigenvalue weighted by molar-refractivity contribution is 6.02. The lowest BCUT2D eigenvalue weighted by Crippen LogP contribution is -2.35. The molecule has 2 rings (SSSR count). The van der Waals surface area contributed by atoms with Gasteiger partial charge >= 0.3 is 0 Å². The van der Waals surface area contributed by atoms with Crippen LogP contribution in [0.1, 0.15) is 51.1 Å². The van der Waals surface area contributed by atoms with Crippen molar-refractivity contribution >= 4 is 17.7 Å². The van der Waals surface area contributed by atoms with Gasteiger partial charge in [0.1, 0.15) is 0 Å². The molecule has 1 atom stereocenters. The summed E-state index contributed by atoms with van der Waals surface area (Å²) in [6.07, 6.45) is 1.52. The first-order valence-electron chi connectivity index (χ1n) is 8.15. The maximum absolute atomic E-state index is 12.2. The van der Waals surface area contributed by atoms with Crippen LogP contribution in [-0.2, 0) is 14.4 Å². The molecule has 0 radical (unpaired) electrons. The molecule has 1 N–H and O–H groups in total. The van der Waals surface area contributed by atoms with Gasteiger partial charge in [0, 0.05) is 25.8 Å². The number of benzene rings is 1. The van der Waals surface area contributed by atoms with Gasteiger partial charge in [0.15, 0.2) is 0 Å². The number of nitrogens with zero attached hydrogens (tertiary/aromatic N) is 1. The highest BCUT2D eigenvalue weighted by atomic mass is 16.2. The molecule has 0 aromatic heterocycles. The van der Waals surface area contributed by atoms with Crippen molar-refractivity contribution in [3.05, 3.63) is 35.9 Å². The Morgan fingerprint density at radius 3 is 2.30 bits per heavy atom. The Labute approximate surface area is 137 Å². The van der Waals surface area contributed by atoms with E-state index in [0.29, 0.717) is 5.92 Å². The summed E-state index contributed by atoms with van der Waals surface area (Å²) < 4.78 is 0. The lowest BCUT2D eigenvalue weighted by Gasteiger charge is -2.22. The average Bonchev–Trinajstić information content (AvgIpc) is 2.84. The minimum absolute atomic E-state index is 0.0475. The fourth-order valence-corrected chi connectivity index (χ4v) is 2.79. The summed E-state index contributed by atoms with van der Waals surface area (Å²) in [5.74, 6) is -0.0385. The maximum atomic E-state index is 12.2. The van der Waals surface area contributed by atoms with Crippen molar-refractivity contribution < 1.29 is 14.4 Å². The molecule has 1 saturated heterocycles. The van der Waals surface area contributed by atoms with Crippen LogP contribution < -0.4 is 5.32 Å². The molecule has 23 heavy (non-hydrogen) atoms. The largest absolute Gasteiger partial charge is 0.349 e. The molecule has 1 aliphatic heterocycles. The van der Waals surface area contributed by atoms with Crippen LogP contribution >= 0.6 is 0 Å². The van der Waals surface area contributed by atoms with Crippen LogP contribution in [0.3, 0.4) is 0 Å². The van der Waals surface area contributed by atoms with Crippen LogP contribution in [0.2, 0.25) is 0 Å². The van der Waals surface area contributed by atoms with Crippen LogP contribution in [0.4, 0.5) is 0 Å². The molecule has 124 valence electrons. The molecule has 3 amide bonds. The topological polar surface area (TPSA) is 66.5 Å². The average molecular weight is 316 g/mol. The van der Waals surface area contributed by atoms with Crippen molar-refractivity contribution in [1.82, 2.24) is 10.2 Å². The summed E-state index contributed by atoms with van der Waals surface area (Å²) in [5.41, 5.74) is 1.07. The minimum Gasteiger partial charge on any atom is -0.349 e. The van der Waals surface area contributed by atoms with E-state index in [1.54, 1.807) is 0 Å². The van der Waals surface area contributed by atoms with Gasteiger partial charge in [0.2, 0.25) is 17.7 Å². The van der Waals surface area contributed by atoms with Crippen molar-refractivity contribution in [1.29, 1.82) is 0 Å². The summed E-state index contributed by atoms with van der Waals surface area (Å²) in [4.78, 5) is 36.5. The van der Waals surface area contributed by atoms with Crippen molar-refractivity contribution in [2.45, 2.75) is 45.6 Å². The fourth-order valence-electron chi connectivity index (χ4n) is 2.79. The van der Waals surface area contributed by atoms with Gasteiger partial charge in [0.25, 0.3) is 0 Å². The van der Waals surface area contributed by atoms with Gasteiger partial charge in [-0.3, -0.25) is 19.3 Å². The maximum Gasteiger partial charge on any atom is 0.229 e. The zero-order valence-corrected chi connectivity index (χ0v) is 13.7. The van der Waals surface area contributed by atoms with Gasteiger partial charge in [-0.25, -0.2) is 0 Å². The Bertz CT molecular complexity index is 553. The number of hydrogen-bond acceptors (Lipinski definition) is 3. The normalized spacial score (nSPS) is 16.0. The van der Waals surface area contributed by atoms with Crippen LogP contribution in [-0.4, -0.2) is 29.2 Å². The molecular weight excluding hydrogens is 292 g/mol. The summed E-state index contributed by atoms with van der Waals surface area (Å²) in [5, 5.41) is 3.03. The molecule has 1 aliphatic rings. The Kier molecular flexibility index (Phi) is 5.90. The number of carbonyl (C=O) groups excluding carboxylic acids is 3. The molecule has 1 fully saturated rings. The zero-order chi connectivity index (χ0) is 16.8. The van der Waals surface area contributed by atoms with Crippen LogP contribution in [0.15, 0.2) is 30.3 Å². The molecule has 1 aromatic carbocycles. The molecular formula is C18H24N2O3. The second-order valence-corrected chi connectivity index (χ2v) is 6.35. The number of rotatable bonds is 7. The van der Waals surface area contributed by atoms with Crippen LogP contribution in [0.25, 0.3) is 0 Å². The first-order chi connectivity index (χ1) is 11.0. The van der Waals surface area contributed by atoms with Crippen molar-refractivity contribution in [2.75, 3.05) is 6.54 Å². The van der Waals surface area contributed by atoms with Gasteiger partial charge in [-0.15, -0.1) is 0 Å². The molecule has 0 bridgehead atoms. The first-order valence-corrected chi connectivity index (χ1v) is 8.15. The molecule has 1 aromatic rings. The second kappa shape index (κ2) is 7.90. The highest BCUT2D eigenvalue weighted by Crippen LogP contribution is 2.21. The Morgan fingerprint density at radius 2 is 1.74 bits per heavy atom. The number of carbonyl (C=O) groups is 3. The van der Waals surface area contributed by atoms with E-state index in [9.17, 15) is 14.4 Å². The summed E-state index contributed by atoms with van der Waals surface area (Å²) >= 11 is 0. The van der Waals surface area contributed by atoms with E-state index in [1.165, 1.54) is 4.90 Å². The van der Waals surface area contributed by atoms with Gasteiger partial charge in [-0.2, -0.15) is 0 Å². The van der Waals surface area contributed by atoms with E-state index in [1.807, 2.05) is 30.3 Å². The standard InChI is InChI=1S/C18H24N2O3/c1-13(2)12-15(14-6-4-3-5-7-14)19-16(21)10-11-20-17(22)8-9-18(20)23/h3-7,13,15H,8-12H2,1-2H3,(H,19,21)/t15-/m1/s1. The molecule has 5 nitrogen and oxygen atoms in total. The quantitative estimate of drug-likeness (QED) is 0.786. The van der Waals surface area contributed by atoms with E-state index in [4.69, 9.17) is 0 Å². The summed E-state index contributed by atoms with van der Waals surface area (Å²) in [6.45, 7) is 4.40. The third-order valence-electron chi connectivity index (χ3n) is 3.96. The molecule has 1 heterocycles. The van der Waals surface area contributed by atoms with Gasteiger partial charge in [0.05, 0.1) is 6.04 Å². The third kappa shape index (κ3) is 4.91. The Morgan fingerprint density at radius 1 is 1.13 bits per heavy atom. The highest BCUT2D eigenvalue weighted by Gasteiger charge is 2.29. The first kappa shape index (κ1) is 17.2. The van der Waals surface area contributed by atoms with Crippen LogP contribution in [0, 0.1) is 5.92 Å². The van der Waals surface area contributed by atoms with E-state index in [0.717, 1.165) is 12.0 Å². The number of likely N-dealkylation sites (tertiary alicyclic amines) is 1. The molecule has 5 heteroatoms. The van der Waals surface area contributed by atoms with Crippen LogP contribution in [0.5, 0.6) is 0 Å². The summed E-state index contributed by atoms with van der Waals surface area (Å²) in [7, 11) is 0. The smallest absolute Gasteiger partial charge is 0.229 e. The molecule has 0 spiro atoms. The molecule has 0 aliphatic carbocycles. The van der Waals surface area contributed by atoms with Gasteiger partial charge < -0.3 is 5.32 Å². The van der Waals surface area contributed by atoms with E-state index < -0.39 is 0 Å². The molecule has 0 unspecified atom stereocenters. The Balaban J connectivity index is 1.92. The number of amides is 3. The Hall–Kier alpha value is -2.17. The number of hydrogen-bond donors (Lipinski definition) is 1. The second-order valence-electron chi connectivity index (χ2n) is 6.35. The van der Waals surface area contributed by atoms with E-state index in [2.05, 4.69) is 19.2 Å². The van der Waals surface area contributed by atoms with Crippen molar-refractivity contribution in [3.63, 3.8) is 0 Å². The van der Waals surface area contributed by atoms with Crippen molar-refractivity contribution in [3.8, 4) is 0 Å². The van der Waals surface area contributed by atoms with E-state index in [-0.39, 0.29) is 49.6 Å². The fraction of sp³-hybridized carbons (Fsp3) is 0.500. The lowest BCUT2D eigenvalue weighted by atomic mass is 9.97. The third-order valence-corrected chi connectivity index (χ3v) is 3.96. The number of imide groups is 1.